The molecule has 11 heteroatoms. The highest BCUT2D eigenvalue weighted by molar-refractivity contribution is 6.13. The number of anilines is 1. The predicted molar refractivity (Wildman–Crippen MR) is 149 cm³/mol. The molecule has 2 aliphatic heterocycles. The minimum Gasteiger partial charge on any atom is -0.488 e. The van der Waals surface area contributed by atoms with Gasteiger partial charge in [0, 0.05) is 52.6 Å². The first kappa shape index (κ1) is 27.6. The fourth-order valence-electron chi connectivity index (χ4n) is 4.44. The van der Waals surface area contributed by atoms with Gasteiger partial charge in [-0.15, -0.1) is 0 Å². The van der Waals surface area contributed by atoms with Crippen LogP contribution < -0.4 is 14.8 Å². The highest BCUT2D eigenvalue weighted by atomic mass is 16.5. The number of ether oxygens (including phenoxy) is 3. The third kappa shape index (κ3) is 7.12. The Hall–Kier alpha value is -3.41. The molecule has 4 rings (SSSR count). The Labute approximate surface area is 224 Å². The van der Waals surface area contributed by atoms with Gasteiger partial charge in [-0.05, 0) is 44.3 Å². The van der Waals surface area contributed by atoms with Gasteiger partial charge in [0.2, 0.25) is 0 Å². The van der Waals surface area contributed by atoms with Crippen molar-refractivity contribution < 1.29 is 19.0 Å². The van der Waals surface area contributed by atoms with E-state index in [9.17, 15) is 4.79 Å². The number of fused-ring (bicyclic) bond motifs is 2. The third-order valence-electron chi connectivity index (χ3n) is 6.72. The largest absolute Gasteiger partial charge is 0.488 e. The van der Waals surface area contributed by atoms with E-state index in [1.165, 1.54) is 0 Å². The molecule has 0 saturated carbocycles. The summed E-state index contributed by atoms with van der Waals surface area (Å²) < 4.78 is 17.3. The Morgan fingerprint density at radius 1 is 1.18 bits per heavy atom. The molecule has 206 valence electrons. The van der Waals surface area contributed by atoms with Gasteiger partial charge in [0.25, 0.3) is 5.91 Å². The monoisotopic (exact) mass is 525 g/mol. The van der Waals surface area contributed by atoms with Crippen molar-refractivity contribution in [1.29, 1.82) is 0 Å². The van der Waals surface area contributed by atoms with Crippen molar-refractivity contribution >= 4 is 29.6 Å². The summed E-state index contributed by atoms with van der Waals surface area (Å²) in [5.41, 5.74) is 2.72. The van der Waals surface area contributed by atoms with Crippen LogP contribution in [0.2, 0.25) is 0 Å². The number of rotatable bonds is 8. The molecule has 1 aromatic heterocycles. The van der Waals surface area contributed by atoms with Gasteiger partial charge >= 0.3 is 0 Å². The Kier molecular flexibility index (Phi) is 9.74. The van der Waals surface area contributed by atoms with Crippen LogP contribution in [0.5, 0.6) is 11.5 Å². The zero-order valence-electron chi connectivity index (χ0n) is 22.8. The number of hydrogen-bond acceptors (Lipinski definition) is 9. The number of likely N-dealkylation sites (N-methyl/N-ethyl adjacent to an activating group) is 2. The lowest BCUT2D eigenvalue weighted by Gasteiger charge is -2.22. The summed E-state index contributed by atoms with van der Waals surface area (Å²) in [6.45, 7) is 7.91. The van der Waals surface area contributed by atoms with Crippen LogP contribution >= 0.6 is 0 Å². The number of benzene rings is 1. The SMILES string of the molecule is CCN(CCOC)CCOc1ccc2cc1OCC(=O)N(C)CCCN(C)Cc1c[nH]c3c1/C(=N\2)N=CN3. The van der Waals surface area contributed by atoms with Crippen molar-refractivity contribution in [2.75, 3.05) is 79.1 Å². The van der Waals surface area contributed by atoms with Gasteiger partial charge < -0.3 is 34.3 Å². The van der Waals surface area contributed by atoms with Crippen LogP contribution in [0.3, 0.4) is 0 Å². The van der Waals surface area contributed by atoms with Crippen molar-refractivity contribution in [2.45, 2.75) is 19.9 Å². The topological polar surface area (TPSA) is 107 Å². The molecule has 2 bridgehead atoms. The summed E-state index contributed by atoms with van der Waals surface area (Å²) in [5, 5.41) is 3.18. The minimum absolute atomic E-state index is 0.0776. The Bertz CT molecular complexity index is 1150. The highest BCUT2D eigenvalue weighted by Crippen LogP contribution is 2.33. The number of methoxy groups -OCH3 is 1. The van der Waals surface area contributed by atoms with Crippen LogP contribution in [0.25, 0.3) is 0 Å². The molecule has 2 aromatic rings. The Morgan fingerprint density at radius 2 is 2.03 bits per heavy atom. The molecule has 38 heavy (non-hydrogen) atoms. The average molecular weight is 526 g/mol. The van der Waals surface area contributed by atoms with E-state index in [2.05, 4.69) is 39.1 Å². The number of nitrogens with zero attached hydrogens (tertiary/aromatic N) is 5. The van der Waals surface area contributed by atoms with Crippen LogP contribution in [-0.4, -0.2) is 112 Å². The zero-order chi connectivity index (χ0) is 26.9. The quantitative estimate of drug-likeness (QED) is 0.546. The van der Waals surface area contributed by atoms with Gasteiger partial charge in [-0.25, -0.2) is 9.98 Å². The number of carbonyl (C=O) groups excluding carboxylic acids is 1. The van der Waals surface area contributed by atoms with E-state index in [0.29, 0.717) is 42.8 Å². The van der Waals surface area contributed by atoms with Crippen molar-refractivity contribution in [3.8, 4) is 11.5 Å². The maximum atomic E-state index is 12.8. The molecular weight excluding hydrogens is 486 g/mol. The fraction of sp³-hybridized carbons (Fsp3) is 0.519. The van der Waals surface area contributed by atoms with Crippen LogP contribution in [0.4, 0.5) is 11.5 Å². The summed E-state index contributed by atoms with van der Waals surface area (Å²) in [4.78, 5) is 31.7. The number of amides is 1. The van der Waals surface area contributed by atoms with Crippen molar-refractivity contribution in [2.24, 2.45) is 9.98 Å². The summed E-state index contributed by atoms with van der Waals surface area (Å²) in [6.07, 6.45) is 4.48. The van der Waals surface area contributed by atoms with E-state index < -0.39 is 0 Å². The molecule has 0 unspecified atom stereocenters. The molecule has 0 fully saturated rings. The standard InChI is InChI=1S/C27H39N7O4/c1-5-34(11-13-36-4)12-14-37-22-8-7-21-15-23(22)38-18-24(35)33(3)10-6-9-32(2)17-20-16-28-26-25(20)27(31-21)30-19-29-26/h7-8,15-16,19H,5-6,9-14,17-18H2,1-4H3,(H2,28,29,30,31). The second kappa shape index (κ2) is 13.4. The van der Waals surface area contributed by atoms with Gasteiger partial charge in [-0.2, -0.15) is 0 Å². The van der Waals surface area contributed by atoms with E-state index in [-0.39, 0.29) is 12.5 Å². The molecule has 1 aromatic carbocycles. The maximum absolute atomic E-state index is 12.8. The summed E-state index contributed by atoms with van der Waals surface area (Å²) >= 11 is 0. The molecule has 0 saturated heterocycles. The number of aliphatic imine (C=N–C) groups is 2. The number of hydrogen-bond donors (Lipinski definition) is 2. The molecule has 3 heterocycles. The molecule has 1 amide bonds. The normalized spacial score (nSPS) is 18.0. The van der Waals surface area contributed by atoms with E-state index in [4.69, 9.17) is 19.2 Å². The lowest BCUT2D eigenvalue weighted by atomic mass is 10.1. The summed E-state index contributed by atoms with van der Waals surface area (Å²) in [7, 11) is 5.59. The van der Waals surface area contributed by atoms with Crippen LogP contribution in [-0.2, 0) is 16.1 Å². The molecular formula is C27H39N7O4. The number of amidine groups is 1. The number of carbonyl (C=O) groups is 1. The van der Waals surface area contributed by atoms with Crippen LogP contribution in [0.15, 0.2) is 34.4 Å². The second-order valence-corrected chi connectivity index (χ2v) is 9.50. The molecule has 0 radical (unpaired) electrons. The smallest absolute Gasteiger partial charge is 0.260 e. The molecule has 0 atom stereocenters. The van der Waals surface area contributed by atoms with Crippen molar-refractivity contribution in [1.82, 2.24) is 19.7 Å². The number of aromatic nitrogens is 1. The van der Waals surface area contributed by atoms with Crippen molar-refractivity contribution in [3.05, 3.63) is 35.5 Å². The van der Waals surface area contributed by atoms with E-state index in [0.717, 1.165) is 56.1 Å². The Morgan fingerprint density at radius 3 is 2.84 bits per heavy atom. The molecule has 0 aliphatic carbocycles. The third-order valence-corrected chi connectivity index (χ3v) is 6.72. The maximum Gasteiger partial charge on any atom is 0.260 e. The van der Waals surface area contributed by atoms with Gasteiger partial charge in [0.1, 0.15) is 12.4 Å². The average Bonchev–Trinajstić information content (AvgIpc) is 3.33. The lowest BCUT2D eigenvalue weighted by molar-refractivity contribution is -0.132. The minimum atomic E-state index is -0.0837. The predicted octanol–water partition coefficient (Wildman–Crippen LogP) is 2.57. The lowest BCUT2D eigenvalue weighted by Crippen LogP contribution is -2.34. The van der Waals surface area contributed by atoms with E-state index in [1.807, 2.05) is 25.4 Å². The van der Waals surface area contributed by atoms with E-state index in [1.54, 1.807) is 24.4 Å². The molecule has 0 spiro atoms. The summed E-state index contributed by atoms with van der Waals surface area (Å²) in [6, 6.07) is 5.53. The molecule has 2 N–H and O–H groups in total. The van der Waals surface area contributed by atoms with Crippen LogP contribution in [0, 0.1) is 0 Å². The number of aromatic amines is 1. The number of H-pyrrole nitrogens is 1. The van der Waals surface area contributed by atoms with Crippen molar-refractivity contribution in [3.63, 3.8) is 0 Å². The van der Waals surface area contributed by atoms with Gasteiger partial charge in [-0.3, -0.25) is 9.69 Å². The Balaban J connectivity index is 1.61. The van der Waals surface area contributed by atoms with Crippen LogP contribution in [0.1, 0.15) is 24.5 Å². The number of nitrogens with one attached hydrogen (secondary N) is 2. The second-order valence-electron chi connectivity index (χ2n) is 9.50. The first-order chi connectivity index (χ1) is 18.5. The van der Waals surface area contributed by atoms with Gasteiger partial charge in [0.05, 0.1) is 24.2 Å². The zero-order valence-corrected chi connectivity index (χ0v) is 22.8. The summed E-state index contributed by atoms with van der Waals surface area (Å²) in [5.74, 6) is 2.46. The first-order valence-corrected chi connectivity index (χ1v) is 13.1. The molecule has 11 nitrogen and oxygen atoms in total. The fourth-order valence-corrected chi connectivity index (χ4v) is 4.44. The van der Waals surface area contributed by atoms with Gasteiger partial charge in [-0.1, -0.05) is 6.92 Å². The molecule has 2 aliphatic rings. The highest BCUT2D eigenvalue weighted by Gasteiger charge is 2.21. The van der Waals surface area contributed by atoms with Gasteiger partial charge in [0.15, 0.2) is 23.9 Å². The first-order valence-electron chi connectivity index (χ1n) is 13.1. The van der Waals surface area contributed by atoms with E-state index >= 15 is 0 Å².